The van der Waals surface area contributed by atoms with E-state index in [1.54, 1.807) is 6.92 Å². The van der Waals surface area contributed by atoms with Gasteiger partial charge in [0.05, 0.1) is 6.61 Å². The molecule has 0 unspecified atom stereocenters. The van der Waals surface area contributed by atoms with Crippen molar-refractivity contribution in [3.8, 4) is 0 Å². The average Bonchev–Trinajstić information content (AvgIpc) is 2.76. The first-order chi connectivity index (χ1) is 9.08. The number of benzene rings is 1. The van der Waals surface area contributed by atoms with Crippen LogP contribution in [0.5, 0.6) is 0 Å². The van der Waals surface area contributed by atoms with E-state index in [9.17, 15) is 4.79 Å². The Bertz CT molecular complexity index is 602. The predicted molar refractivity (Wildman–Crippen MR) is 76.5 cm³/mol. The molecular formula is C14H19N3O2. The van der Waals surface area contributed by atoms with Crippen molar-refractivity contribution in [3.63, 3.8) is 0 Å². The summed E-state index contributed by atoms with van der Waals surface area (Å²) >= 11 is 0. The Morgan fingerprint density at radius 3 is 2.74 bits per heavy atom. The molecule has 0 aliphatic heterocycles. The maximum atomic E-state index is 11.9. The smallest absolute Gasteiger partial charge is 0.355 e. The number of ether oxygens (including phenoxy) is 1. The van der Waals surface area contributed by atoms with Gasteiger partial charge in [0.1, 0.15) is 5.69 Å². The number of aromatic amines is 1. The Hall–Kier alpha value is -2.01. The second-order valence-electron chi connectivity index (χ2n) is 4.53. The molecule has 2 aromatic rings. The van der Waals surface area contributed by atoms with E-state index in [4.69, 9.17) is 10.5 Å². The topological polar surface area (TPSA) is 71.4 Å². The van der Waals surface area contributed by atoms with Crippen molar-refractivity contribution in [1.82, 2.24) is 4.98 Å². The lowest BCUT2D eigenvalue weighted by Gasteiger charge is -2.12. The molecule has 5 nitrogen and oxygen atoms in total. The van der Waals surface area contributed by atoms with E-state index in [0.717, 1.165) is 22.2 Å². The Kier molecular flexibility index (Phi) is 3.76. The normalized spacial score (nSPS) is 10.7. The van der Waals surface area contributed by atoms with E-state index >= 15 is 0 Å². The minimum Gasteiger partial charge on any atom is -0.461 e. The minimum absolute atomic E-state index is 0.297. The van der Waals surface area contributed by atoms with Crippen LogP contribution < -0.4 is 10.6 Å². The summed E-state index contributed by atoms with van der Waals surface area (Å²) in [5, 5.41) is 0.969. The number of nitrogens with two attached hydrogens (primary N) is 1. The molecule has 0 aliphatic carbocycles. The van der Waals surface area contributed by atoms with Gasteiger partial charge in [-0.05, 0) is 25.1 Å². The lowest BCUT2D eigenvalue weighted by Crippen LogP contribution is -2.10. The molecule has 0 atom stereocenters. The number of nitrogens with zero attached hydrogens (tertiary/aromatic N) is 1. The van der Waals surface area contributed by atoms with Gasteiger partial charge in [0.25, 0.3) is 0 Å². The number of hydrogen-bond acceptors (Lipinski definition) is 4. The molecule has 0 radical (unpaired) electrons. The van der Waals surface area contributed by atoms with E-state index in [1.165, 1.54) is 0 Å². The Labute approximate surface area is 112 Å². The van der Waals surface area contributed by atoms with E-state index in [2.05, 4.69) is 4.98 Å². The molecule has 3 N–H and O–H groups in total. The number of rotatable bonds is 4. The molecule has 1 aromatic carbocycles. The van der Waals surface area contributed by atoms with Gasteiger partial charge in [0.2, 0.25) is 0 Å². The third kappa shape index (κ3) is 2.42. The summed E-state index contributed by atoms with van der Waals surface area (Å²) in [4.78, 5) is 17.0. The number of hydrogen-bond donors (Lipinski definition) is 2. The zero-order chi connectivity index (χ0) is 14.0. The minimum atomic E-state index is -0.356. The van der Waals surface area contributed by atoms with Gasteiger partial charge < -0.3 is 20.4 Å². The lowest BCUT2D eigenvalue weighted by atomic mass is 10.1. The fraction of sp³-hybridized carbons (Fsp3) is 0.357. The van der Waals surface area contributed by atoms with Crippen LogP contribution in [0.4, 0.5) is 5.69 Å². The molecule has 0 saturated heterocycles. The zero-order valence-electron chi connectivity index (χ0n) is 11.5. The number of carbonyl (C=O) groups is 1. The first kappa shape index (κ1) is 13.4. The van der Waals surface area contributed by atoms with Gasteiger partial charge in [-0.25, -0.2) is 4.79 Å². The summed E-state index contributed by atoms with van der Waals surface area (Å²) in [6.07, 6.45) is 0. The Morgan fingerprint density at radius 1 is 1.42 bits per heavy atom. The molecule has 0 amide bonds. The maximum absolute atomic E-state index is 11.9. The SMILES string of the molecule is CCOC(=O)c1[nH]c2ccc(N(C)C)cc2c1CN. The van der Waals surface area contributed by atoms with Crippen molar-refractivity contribution in [2.75, 3.05) is 25.6 Å². The standard InChI is InChI=1S/C14H19N3O2/c1-4-19-14(18)13-11(8-15)10-7-9(17(2)3)5-6-12(10)16-13/h5-7,16H,4,8,15H2,1-3H3. The van der Waals surface area contributed by atoms with Crippen LogP contribution in [0.3, 0.4) is 0 Å². The van der Waals surface area contributed by atoms with Gasteiger partial charge in [-0.3, -0.25) is 0 Å². The summed E-state index contributed by atoms with van der Waals surface area (Å²) in [6, 6.07) is 5.97. The average molecular weight is 261 g/mol. The van der Waals surface area contributed by atoms with E-state index < -0.39 is 0 Å². The molecule has 0 saturated carbocycles. The summed E-state index contributed by atoms with van der Waals surface area (Å²) in [7, 11) is 3.95. The summed E-state index contributed by atoms with van der Waals surface area (Å²) < 4.78 is 5.04. The predicted octanol–water partition coefficient (Wildman–Crippen LogP) is 1.87. The second-order valence-corrected chi connectivity index (χ2v) is 4.53. The highest BCUT2D eigenvalue weighted by atomic mass is 16.5. The van der Waals surface area contributed by atoms with Gasteiger partial charge in [0, 0.05) is 42.8 Å². The molecule has 102 valence electrons. The zero-order valence-corrected chi connectivity index (χ0v) is 11.5. The first-order valence-corrected chi connectivity index (χ1v) is 6.27. The van der Waals surface area contributed by atoms with Crippen molar-refractivity contribution in [2.45, 2.75) is 13.5 Å². The highest BCUT2D eigenvalue weighted by Gasteiger charge is 2.18. The molecule has 5 heteroatoms. The fourth-order valence-corrected chi connectivity index (χ4v) is 2.10. The van der Waals surface area contributed by atoms with E-state index in [0.29, 0.717) is 18.8 Å². The number of esters is 1. The Morgan fingerprint density at radius 2 is 2.16 bits per heavy atom. The summed E-state index contributed by atoms with van der Waals surface area (Å²) in [6.45, 7) is 2.43. The quantitative estimate of drug-likeness (QED) is 0.824. The highest BCUT2D eigenvalue weighted by molar-refractivity contribution is 5.99. The van der Waals surface area contributed by atoms with Crippen molar-refractivity contribution in [3.05, 3.63) is 29.5 Å². The lowest BCUT2D eigenvalue weighted by molar-refractivity contribution is 0.0519. The second kappa shape index (κ2) is 5.32. The van der Waals surface area contributed by atoms with Crippen LogP contribution in [0, 0.1) is 0 Å². The molecular weight excluding hydrogens is 242 g/mol. The molecule has 0 bridgehead atoms. The number of nitrogens with one attached hydrogen (secondary N) is 1. The van der Waals surface area contributed by atoms with Gasteiger partial charge >= 0.3 is 5.97 Å². The van der Waals surface area contributed by atoms with Crippen LogP contribution in [-0.2, 0) is 11.3 Å². The third-order valence-electron chi connectivity index (χ3n) is 3.09. The van der Waals surface area contributed by atoms with Crippen molar-refractivity contribution >= 4 is 22.6 Å². The number of H-pyrrole nitrogens is 1. The van der Waals surface area contributed by atoms with Crippen molar-refractivity contribution < 1.29 is 9.53 Å². The molecule has 0 aliphatic rings. The molecule has 2 rings (SSSR count). The van der Waals surface area contributed by atoms with Gasteiger partial charge in [-0.2, -0.15) is 0 Å². The first-order valence-electron chi connectivity index (χ1n) is 6.27. The number of fused-ring (bicyclic) bond motifs is 1. The van der Waals surface area contributed by atoms with Crippen molar-refractivity contribution in [2.24, 2.45) is 5.73 Å². The molecule has 0 fully saturated rings. The van der Waals surface area contributed by atoms with Crippen LogP contribution in [0.25, 0.3) is 10.9 Å². The number of carbonyl (C=O) groups excluding carboxylic acids is 1. The Balaban J connectivity index is 2.58. The monoisotopic (exact) mass is 261 g/mol. The van der Waals surface area contributed by atoms with E-state index in [1.807, 2.05) is 37.2 Å². The third-order valence-corrected chi connectivity index (χ3v) is 3.09. The summed E-state index contributed by atoms with van der Waals surface area (Å²) in [5.74, 6) is -0.356. The molecule has 0 spiro atoms. The van der Waals surface area contributed by atoms with Crippen molar-refractivity contribution in [1.29, 1.82) is 0 Å². The molecule has 1 aromatic heterocycles. The van der Waals surface area contributed by atoms with Crippen LogP contribution in [-0.4, -0.2) is 31.7 Å². The molecule has 1 heterocycles. The van der Waals surface area contributed by atoms with Gasteiger partial charge in [0.15, 0.2) is 0 Å². The number of anilines is 1. The van der Waals surface area contributed by atoms with Crippen LogP contribution >= 0.6 is 0 Å². The molecule has 19 heavy (non-hydrogen) atoms. The van der Waals surface area contributed by atoms with Crippen LogP contribution in [0.1, 0.15) is 23.0 Å². The number of aromatic nitrogens is 1. The van der Waals surface area contributed by atoms with E-state index in [-0.39, 0.29) is 5.97 Å². The van der Waals surface area contributed by atoms with Crippen LogP contribution in [0.15, 0.2) is 18.2 Å². The fourth-order valence-electron chi connectivity index (χ4n) is 2.10. The maximum Gasteiger partial charge on any atom is 0.355 e. The largest absolute Gasteiger partial charge is 0.461 e. The van der Waals surface area contributed by atoms with Crippen LogP contribution in [0.2, 0.25) is 0 Å². The van der Waals surface area contributed by atoms with Gasteiger partial charge in [-0.1, -0.05) is 0 Å². The van der Waals surface area contributed by atoms with Gasteiger partial charge in [-0.15, -0.1) is 0 Å². The summed E-state index contributed by atoms with van der Waals surface area (Å²) in [5.41, 5.74) is 9.00. The highest BCUT2D eigenvalue weighted by Crippen LogP contribution is 2.26.